The predicted octanol–water partition coefficient (Wildman–Crippen LogP) is 5.12. The lowest BCUT2D eigenvalue weighted by Crippen LogP contribution is -2.51. The van der Waals surface area contributed by atoms with Gasteiger partial charge in [-0.15, -0.1) is 0 Å². The fourth-order valence-corrected chi connectivity index (χ4v) is 5.36. The third kappa shape index (κ3) is 3.42. The fourth-order valence-electron chi connectivity index (χ4n) is 4.82. The summed E-state index contributed by atoms with van der Waals surface area (Å²) < 4.78 is 43.4. The monoisotopic (exact) mass is 484 g/mol. The highest BCUT2D eigenvalue weighted by molar-refractivity contribution is 8.00. The van der Waals surface area contributed by atoms with Gasteiger partial charge in [-0.3, -0.25) is 9.59 Å². The van der Waals surface area contributed by atoms with Crippen LogP contribution in [0.2, 0.25) is 0 Å². The number of nitrogens with zero attached hydrogens (tertiary/aromatic N) is 2. The number of carbonyl (C=O) groups excluding carboxylic acids is 2. The minimum Gasteiger partial charge on any atom is -0.497 e. The topological polar surface area (TPSA) is 49.9 Å². The molecule has 34 heavy (non-hydrogen) atoms. The molecule has 174 valence electrons. The maximum Gasteiger partial charge on any atom is 0.446 e. The Kier molecular flexibility index (Phi) is 5.31. The van der Waals surface area contributed by atoms with Gasteiger partial charge in [0.25, 0.3) is 11.8 Å². The molecule has 2 aliphatic heterocycles. The summed E-state index contributed by atoms with van der Waals surface area (Å²) in [5.74, 6) is 0.1000. The molecular weight excluding hydrogens is 465 g/mol. The van der Waals surface area contributed by atoms with Gasteiger partial charge in [0.2, 0.25) is 0 Å². The molecule has 0 radical (unpaired) electrons. The lowest BCUT2D eigenvalue weighted by atomic mass is 9.89. The smallest absolute Gasteiger partial charge is 0.446 e. The first-order valence-electron chi connectivity index (χ1n) is 10.5. The summed E-state index contributed by atoms with van der Waals surface area (Å²) in [6.45, 7) is 0.608. The number of thioether (sulfide) groups is 1. The molecule has 0 saturated carbocycles. The zero-order chi connectivity index (χ0) is 24.1. The van der Waals surface area contributed by atoms with Crippen molar-refractivity contribution in [3.05, 3.63) is 95.1 Å². The number of fused-ring (bicyclic) bond motifs is 3. The first-order valence-corrected chi connectivity index (χ1v) is 11.3. The molecule has 9 heteroatoms. The number of methoxy groups -OCH3 is 1. The summed E-state index contributed by atoms with van der Waals surface area (Å²) in [5, 5.41) is 0. The summed E-state index contributed by atoms with van der Waals surface area (Å²) >= 11 is -0.230. The van der Waals surface area contributed by atoms with Crippen LogP contribution in [-0.4, -0.2) is 47.3 Å². The highest BCUT2D eigenvalue weighted by atomic mass is 32.2. The summed E-state index contributed by atoms with van der Waals surface area (Å²) in [6.07, 6.45) is 0. The Hall–Kier alpha value is -3.46. The van der Waals surface area contributed by atoms with Crippen molar-refractivity contribution in [2.45, 2.75) is 16.1 Å². The molecule has 1 saturated heterocycles. The highest BCUT2D eigenvalue weighted by Crippen LogP contribution is 2.50. The third-order valence-electron chi connectivity index (χ3n) is 6.18. The molecule has 1 atom stereocenters. The second kappa shape index (κ2) is 8.09. The second-order valence-electron chi connectivity index (χ2n) is 7.93. The summed E-state index contributed by atoms with van der Waals surface area (Å²) in [6, 6.07) is 19.8. The van der Waals surface area contributed by atoms with Crippen LogP contribution in [0.5, 0.6) is 5.75 Å². The number of rotatable bonds is 4. The van der Waals surface area contributed by atoms with Gasteiger partial charge in [-0.25, -0.2) is 0 Å². The molecule has 3 aromatic carbocycles. The third-order valence-corrected chi connectivity index (χ3v) is 6.92. The molecule has 0 aliphatic carbocycles. The van der Waals surface area contributed by atoms with Gasteiger partial charge in [-0.1, -0.05) is 30.3 Å². The van der Waals surface area contributed by atoms with Crippen LogP contribution < -0.4 is 4.74 Å². The Bertz CT molecular complexity index is 1260. The number of halogens is 3. The average Bonchev–Trinajstić information content (AvgIpc) is 3.34. The second-order valence-corrected chi connectivity index (χ2v) is 9.07. The van der Waals surface area contributed by atoms with E-state index in [1.165, 1.54) is 24.3 Å². The molecule has 2 aliphatic rings. The molecule has 3 aromatic rings. The van der Waals surface area contributed by atoms with Crippen molar-refractivity contribution in [2.24, 2.45) is 0 Å². The Morgan fingerprint density at radius 2 is 1.65 bits per heavy atom. The number of benzene rings is 3. The van der Waals surface area contributed by atoms with Gasteiger partial charge < -0.3 is 14.5 Å². The zero-order valence-electron chi connectivity index (χ0n) is 18.0. The van der Waals surface area contributed by atoms with E-state index in [0.717, 1.165) is 5.56 Å². The molecule has 1 fully saturated rings. The average molecular weight is 484 g/mol. The molecule has 2 heterocycles. The summed E-state index contributed by atoms with van der Waals surface area (Å²) in [5.41, 5.74) is -3.38. The van der Waals surface area contributed by atoms with Crippen LogP contribution in [0, 0.1) is 0 Å². The van der Waals surface area contributed by atoms with Gasteiger partial charge in [0.05, 0.1) is 7.11 Å². The number of carbonyl (C=O) groups is 2. The quantitative estimate of drug-likeness (QED) is 0.483. The first-order chi connectivity index (χ1) is 16.3. The standard InChI is InChI=1S/C25H19F3N2O3S/c1-33-18-10-8-17(9-11-18)24-21-5-3-2-4-20(21)23(32)30(24)15-14-29(24)22(31)16-6-12-19(13-7-16)34-25(26,27)28/h2-13H,14-15H2,1H3. The number of amides is 2. The predicted molar refractivity (Wildman–Crippen MR) is 121 cm³/mol. The van der Waals surface area contributed by atoms with E-state index in [0.29, 0.717) is 23.4 Å². The van der Waals surface area contributed by atoms with Gasteiger partial charge in [0.1, 0.15) is 5.75 Å². The van der Waals surface area contributed by atoms with Crippen LogP contribution in [0.1, 0.15) is 31.8 Å². The van der Waals surface area contributed by atoms with Crippen molar-refractivity contribution in [3.8, 4) is 5.75 Å². The maximum absolute atomic E-state index is 13.7. The minimum absolute atomic E-state index is 0.00152. The molecule has 5 nitrogen and oxygen atoms in total. The number of hydrogen-bond acceptors (Lipinski definition) is 4. The molecular formula is C25H19F3N2O3S. The molecule has 1 unspecified atom stereocenters. The van der Waals surface area contributed by atoms with E-state index in [1.54, 1.807) is 41.2 Å². The van der Waals surface area contributed by atoms with Crippen molar-refractivity contribution in [3.63, 3.8) is 0 Å². The Morgan fingerprint density at radius 3 is 2.29 bits per heavy atom. The Balaban J connectivity index is 1.61. The van der Waals surface area contributed by atoms with Crippen molar-refractivity contribution >= 4 is 23.6 Å². The van der Waals surface area contributed by atoms with Crippen LogP contribution in [0.15, 0.2) is 77.7 Å². The highest BCUT2D eigenvalue weighted by Gasteiger charge is 2.59. The van der Waals surface area contributed by atoms with E-state index in [9.17, 15) is 22.8 Å². The molecule has 0 spiro atoms. The van der Waals surface area contributed by atoms with E-state index in [1.807, 2.05) is 24.3 Å². The Labute approximate surface area is 198 Å². The number of alkyl halides is 3. The van der Waals surface area contributed by atoms with Crippen molar-refractivity contribution in [1.29, 1.82) is 0 Å². The van der Waals surface area contributed by atoms with Gasteiger partial charge in [0, 0.05) is 40.2 Å². The van der Waals surface area contributed by atoms with Crippen LogP contribution in [0.3, 0.4) is 0 Å². The van der Waals surface area contributed by atoms with Crippen LogP contribution in [-0.2, 0) is 5.66 Å². The molecule has 0 N–H and O–H groups in total. The maximum atomic E-state index is 13.7. The molecule has 5 rings (SSSR count). The van der Waals surface area contributed by atoms with E-state index < -0.39 is 11.2 Å². The van der Waals surface area contributed by atoms with Gasteiger partial charge in [0.15, 0.2) is 5.66 Å². The normalized spacial score (nSPS) is 19.2. The zero-order valence-corrected chi connectivity index (χ0v) is 18.8. The largest absolute Gasteiger partial charge is 0.497 e. The van der Waals surface area contributed by atoms with Crippen molar-refractivity contribution < 1.29 is 27.5 Å². The van der Waals surface area contributed by atoms with Crippen molar-refractivity contribution in [2.75, 3.05) is 20.2 Å². The van der Waals surface area contributed by atoms with E-state index in [-0.39, 0.29) is 40.6 Å². The fraction of sp³-hybridized carbons (Fsp3) is 0.200. The van der Waals surface area contributed by atoms with Gasteiger partial charge >= 0.3 is 5.51 Å². The summed E-state index contributed by atoms with van der Waals surface area (Å²) in [7, 11) is 1.56. The molecule has 0 bridgehead atoms. The Morgan fingerprint density at radius 1 is 0.971 bits per heavy atom. The molecule has 2 amide bonds. The van der Waals surface area contributed by atoms with Crippen LogP contribution in [0.25, 0.3) is 0 Å². The lowest BCUT2D eigenvalue weighted by molar-refractivity contribution is -0.0328. The minimum atomic E-state index is -4.41. The first kappa shape index (κ1) is 22.3. The van der Waals surface area contributed by atoms with Crippen molar-refractivity contribution in [1.82, 2.24) is 9.80 Å². The summed E-state index contributed by atoms with van der Waals surface area (Å²) in [4.78, 5) is 30.4. The van der Waals surface area contributed by atoms with E-state index >= 15 is 0 Å². The molecule has 0 aromatic heterocycles. The number of hydrogen-bond donors (Lipinski definition) is 0. The number of ether oxygens (including phenoxy) is 1. The van der Waals surface area contributed by atoms with Crippen LogP contribution >= 0.6 is 11.8 Å². The SMILES string of the molecule is COc1ccc(C23c4ccccc4C(=O)N2CCN3C(=O)c2ccc(SC(F)(F)F)cc2)cc1. The van der Waals surface area contributed by atoms with Crippen LogP contribution in [0.4, 0.5) is 13.2 Å². The van der Waals surface area contributed by atoms with Gasteiger partial charge in [-0.05, 0) is 54.2 Å². The van der Waals surface area contributed by atoms with E-state index in [2.05, 4.69) is 0 Å². The lowest BCUT2D eigenvalue weighted by Gasteiger charge is -2.40. The van der Waals surface area contributed by atoms with E-state index in [4.69, 9.17) is 4.74 Å². The van der Waals surface area contributed by atoms with Gasteiger partial charge in [-0.2, -0.15) is 13.2 Å².